The van der Waals surface area contributed by atoms with Crippen molar-refractivity contribution in [3.05, 3.63) is 45.3 Å². The standard InChI is InChI=1S/C16H20ClFN6O2/c1-16(2,10-18)20-14(25)24-15(26)23(13(21-24)22(3)4)19-9-11-6-5-7-12(17)8-11/h5-9H,10H2,1-4H3,(H,20,25). The number of nitrogens with zero attached hydrogens (tertiary/aromatic N) is 5. The predicted molar refractivity (Wildman–Crippen MR) is 99.2 cm³/mol. The Morgan fingerprint density at radius 1 is 1.46 bits per heavy atom. The molecule has 1 aromatic carbocycles. The number of aromatic nitrogens is 3. The number of rotatable bonds is 5. The van der Waals surface area contributed by atoms with Crippen LogP contribution in [0.3, 0.4) is 0 Å². The molecule has 0 unspecified atom stereocenters. The molecule has 140 valence electrons. The quantitative estimate of drug-likeness (QED) is 0.801. The van der Waals surface area contributed by atoms with E-state index in [1.54, 1.807) is 38.4 Å². The summed E-state index contributed by atoms with van der Waals surface area (Å²) < 4.78 is 14.5. The lowest BCUT2D eigenvalue weighted by atomic mass is 10.1. The molecule has 0 bridgehead atoms. The monoisotopic (exact) mass is 382 g/mol. The van der Waals surface area contributed by atoms with Crippen LogP contribution < -0.4 is 15.9 Å². The molecular formula is C16H20ClFN6O2. The first-order chi connectivity index (χ1) is 12.1. The van der Waals surface area contributed by atoms with E-state index in [-0.39, 0.29) is 5.95 Å². The van der Waals surface area contributed by atoms with Crippen LogP contribution in [0.15, 0.2) is 34.2 Å². The molecule has 0 fully saturated rings. The predicted octanol–water partition coefficient (Wildman–Crippen LogP) is 1.95. The maximum atomic E-state index is 12.9. The van der Waals surface area contributed by atoms with Gasteiger partial charge in [-0.25, -0.2) is 14.0 Å². The van der Waals surface area contributed by atoms with Gasteiger partial charge in [0.1, 0.15) is 6.67 Å². The van der Waals surface area contributed by atoms with Gasteiger partial charge in [0.25, 0.3) is 0 Å². The van der Waals surface area contributed by atoms with Crippen LogP contribution in [0.25, 0.3) is 0 Å². The molecule has 2 rings (SSSR count). The molecule has 0 aliphatic rings. The van der Waals surface area contributed by atoms with Crippen LogP contribution in [0.1, 0.15) is 19.4 Å². The molecule has 26 heavy (non-hydrogen) atoms. The van der Waals surface area contributed by atoms with Crippen molar-refractivity contribution in [1.29, 1.82) is 0 Å². The van der Waals surface area contributed by atoms with Gasteiger partial charge in [-0.05, 0) is 31.5 Å². The van der Waals surface area contributed by atoms with Gasteiger partial charge in [-0.2, -0.15) is 5.10 Å². The van der Waals surface area contributed by atoms with Gasteiger partial charge in [0.15, 0.2) is 0 Å². The van der Waals surface area contributed by atoms with Crippen molar-refractivity contribution in [2.75, 3.05) is 25.7 Å². The second-order valence-corrected chi connectivity index (χ2v) is 6.88. The van der Waals surface area contributed by atoms with Crippen molar-refractivity contribution in [1.82, 2.24) is 19.8 Å². The van der Waals surface area contributed by atoms with E-state index >= 15 is 0 Å². The largest absolute Gasteiger partial charge is 0.377 e. The van der Waals surface area contributed by atoms with Gasteiger partial charge in [0, 0.05) is 19.1 Å². The molecular weight excluding hydrogens is 363 g/mol. The van der Waals surface area contributed by atoms with E-state index in [2.05, 4.69) is 15.5 Å². The smallest absolute Gasteiger partial charge is 0.346 e. The minimum absolute atomic E-state index is 0.140. The van der Waals surface area contributed by atoms with Crippen LogP contribution >= 0.6 is 11.6 Å². The second kappa shape index (κ2) is 7.69. The molecule has 0 atom stereocenters. The highest BCUT2D eigenvalue weighted by molar-refractivity contribution is 6.30. The summed E-state index contributed by atoms with van der Waals surface area (Å²) in [4.78, 5) is 26.3. The fraction of sp³-hybridized carbons (Fsp3) is 0.375. The van der Waals surface area contributed by atoms with Gasteiger partial charge in [-0.3, -0.25) is 0 Å². The lowest BCUT2D eigenvalue weighted by Gasteiger charge is -2.21. The third-order valence-corrected chi connectivity index (χ3v) is 3.52. The number of nitrogens with one attached hydrogen (secondary N) is 1. The molecule has 0 spiro atoms. The number of hydrogen-bond donors (Lipinski definition) is 1. The maximum absolute atomic E-state index is 12.9. The Hall–Kier alpha value is -2.68. The number of halogens is 2. The van der Waals surface area contributed by atoms with Gasteiger partial charge in [-0.15, -0.1) is 14.5 Å². The van der Waals surface area contributed by atoms with Gasteiger partial charge in [-0.1, -0.05) is 23.7 Å². The highest BCUT2D eigenvalue weighted by atomic mass is 35.5. The number of carbonyl (C=O) groups is 1. The third kappa shape index (κ3) is 4.48. The normalized spacial score (nSPS) is 11.8. The van der Waals surface area contributed by atoms with E-state index in [4.69, 9.17) is 11.6 Å². The molecule has 1 aromatic heterocycles. The van der Waals surface area contributed by atoms with Crippen LogP contribution in [-0.2, 0) is 0 Å². The molecule has 0 aliphatic carbocycles. The number of anilines is 1. The number of carbonyl (C=O) groups excluding carboxylic acids is 1. The van der Waals surface area contributed by atoms with Crippen molar-refractivity contribution in [2.24, 2.45) is 5.10 Å². The van der Waals surface area contributed by atoms with E-state index in [9.17, 15) is 14.0 Å². The number of amides is 1. The number of benzene rings is 1. The average Bonchev–Trinajstić information content (AvgIpc) is 2.90. The Bertz CT molecular complexity index is 887. The third-order valence-electron chi connectivity index (χ3n) is 3.28. The van der Waals surface area contributed by atoms with Gasteiger partial charge >= 0.3 is 11.7 Å². The Labute approximate surface area is 154 Å². The van der Waals surface area contributed by atoms with Crippen LogP contribution in [-0.4, -0.2) is 53.0 Å². The summed E-state index contributed by atoms with van der Waals surface area (Å²) in [5.74, 6) is 0.140. The summed E-state index contributed by atoms with van der Waals surface area (Å²) in [6.07, 6.45) is 1.43. The maximum Gasteiger partial charge on any atom is 0.377 e. The molecule has 0 aliphatic heterocycles. The summed E-state index contributed by atoms with van der Waals surface area (Å²) in [7, 11) is 3.31. The Kier molecular flexibility index (Phi) is 5.81. The molecule has 10 heteroatoms. The first kappa shape index (κ1) is 19.6. The highest BCUT2D eigenvalue weighted by Crippen LogP contribution is 2.10. The van der Waals surface area contributed by atoms with Crippen molar-refractivity contribution < 1.29 is 9.18 Å². The zero-order valence-corrected chi connectivity index (χ0v) is 15.7. The summed E-state index contributed by atoms with van der Waals surface area (Å²) in [6.45, 7) is 2.20. The first-order valence-electron chi connectivity index (χ1n) is 7.72. The molecule has 2 aromatic rings. The number of alkyl halides is 1. The fourth-order valence-corrected chi connectivity index (χ4v) is 2.15. The van der Waals surface area contributed by atoms with Gasteiger partial charge in [0.2, 0.25) is 5.95 Å². The Balaban J connectivity index is 2.42. The van der Waals surface area contributed by atoms with E-state index in [0.717, 1.165) is 4.68 Å². The van der Waals surface area contributed by atoms with Gasteiger partial charge < -0.3 is 10.2 Å². The van der Waals surface area contributed by atoms with Crippen molar-refractivity contribution in [3.8, 4) is 0 Å². The zero-order chi connectivity index (χ0) is 19.5. The van der Waals surface area contributed by atoms with E-state index in [1.165, 1.54) is 25.0 Å². The van der Waals surface area contributed by atoms with Crippen LogP contribution in [0.2, 0.25) is 5.02 Å². The molecule has 1 amide bonds. The lowest BCUT2D eigenvalue weighted by molar-refractivity contribution is 0.218. The van der Waals surface area contributed by atoms with E-state index in [0.29, 0.717) is 15.3 Å². The summed E-state index contributed by atoms with van der Waals surface area (Å²) in [6, 6.07) is 6.06. The Morgan fingerprint density at radius 2 is 2.15 bits per heavy atom. The zero-order valence-electron chi connectivity index (χ0n) is 14.9. The minimum atomic E-state index is -1.12. The highest BCUT2D eigenvalue weighted by Gasteiger charge is 2.25. The molecule has 0 saturated heterocycles. The topological polar surface area (TPSA) is 84.5 Å². The molecule has 8 nitrogen and oxygen atoms in total. The van der Waals surface area contributed by atoms with Gasteiger partial charge in [0.05, 0.1) is 11.8 Å². The molecule has 0 radical (unpaired) electrons. The first-order valence-corrected chi connectivity index (χ1v) is 8.10. The van der Waals surface area contributed by atoms with Crippen LogP contribution in [0.5, 0.6) is 0 Å². The minimum Gasteiger partial charge on any atom is -0.346 e. The number of hydrogen-bond acceptors (Lipinski definition) is 5. The van der Waals surface area contributed by atoms with E-state index < -0.39 is 23.9 Å². The molecule has 0 saturated carbocycles. The summed E-state index contributed by atoms with van der Waals surface area (Å²) in [5.41, 5.74) is -1.23. The van der Waals surface area contributed by atoms with Crippen molar-refractivity contribution >= 4 is 29.8 Å². The second-order valence-electron chi connectivity index (χ2n) is 6.45. The summed E-state index contributed by atoms with van der Waals surface area (Å²) >= 11 is 5.92. The fourth-order valence-electron chi connectivity index (χ4n) is 1.95. The van der Waals surface area contributed by atoms with Crippen LogP contribution in [0, 0.1) is 0 Å². The summed E-state index contributed by atoms with van der Waals surface area (Å²) in [5, 5.41) is 11.0. The Morgan fingerprint density at radius 3 is 2.73 bits per heavy atom. The molecule has 1 N–H and O–H groups in total. The van der Waals surface area contributed by atoms with E-state index in [1.807, 2.05) is 0 Å². The van der Waals surface area contributed by atoms with Crippen LogP contribution in [0.4, 0.5) is 15.1 Å². The molecule has 1 heterocycles. The SMILES string of the molecule is CN(C)c1nn(C(=O)NC(C)(C)CF)c(=O)n1N=Cc1cccc(Cl)c1. The van der Waals surface area contributed by atoms with Crippen molar-refractivity contribution in [2.45, 2.75) is 19.4 Å². The lowest BCUT2D eigenvalue weighted by Crippen LogP contribution is -2.49. The average molecular weight is 383 g/mol. The van der Waals surface area contributed by atoms with Crippen molar-refractivity contribution in [3.63, 3.8) is 0 Å².